The molecule has 0 amide bonds. The lowest BCUT2D eigenvalue weighted by atomic mass is 9.88. The highest BCUT2D eigenvalue weighted by Crippen LogP contribution is 2.43. The van der Waals surface area contributed by atoms with Crippen molar-refractivity contribution in [2.45, 2.75) is 32.7 Å². The molecule has 1 heterocycles. The van der Waals surface area contributed by atoms with E-state index in [1.54, 1.807) is 0 Å². The number of ketones is 1. The lowest BCUT2D eigenvalue weighted by molar-refractivity contribution is -0.119. The summed E-state index contributed by atoms with van der Waals surface area (Å²) in [6, 6.07) is 27.5. The van der Waals surface area contributed by atoms with E-state index < -0.39 is 0 Å². The smallest absolute Gasteiger partial charge is 0.135 e. The fraction of sp³-hybridized carbons (Fsp3) is 0.192. The molecule has 1 aliphatic rings. The molecule has 0 fully saturated rings. The Morgan fingerprint density at radius 2 is 1.57 bits per heavy atom. The van der Waals surface area contributed by atoms with E-state index in [2.05, 4.69) is 90.7 Å². The van der Waals surface area contributed by atoms with E-state index in [1.165, 1.54) is 16.7 Å². The van der Waals surface area contributed by atoms with E-state index in [0.717, 1.165) is 16.9 Å². The molecule has 2 heteroatoms. The molecule has 0 saturated carbocycles. The molecule has 0 saturated heterocycles. The van der Waals surface area contributed by atoms with Gasteiger partial charge in [-0.3, -0.25) is 4.79 Å². The molecular formula is C26H25NO. The summed E-state index contributed by atoms with van der Waals surface area (Å²) in [4.78, 5) is 14.9. The van der Waals surface area contributed by atoms with Crippen LogP contribution in [0, 0.1) is 6.92 Å². The standard InChI is InChI=1S/C26H25NO/c1-3-23(28)18-26-24-12-8-7-11-21(24)17-25(20-9-5-4-6-10-20)27(26)22-15-13-19(2)14-16-22/h4-17,26H,3,18H2,1-2H3. The van der Waals surface area contributed by atoms with Crippen molar-refractivity contribution in [2.75, 3.05) is 4.90 Å². The number of nitrogens with zero attached hydrogens (tertiary/aromatic N) is 1. The van der Waals surface area contributed by atoms with Crippen LogP contribution in [0.4, 0.5) is 5.69 Å². The van der Waals surface area contributed by atoms with E-state index >= 15 is 0 Å². The zero-order valence-corrected chi connectivity index (χ0v) is 16.4. The maximum atomic E-state index is 12.5. The van der Waals surface area contributed by atoms with Crippen LogP contribution in [0.5, 0.6) is 0 Å². The first-order chi connectivity index (χ1) is 13.7. The zero-order valence-electron chi connectivity index (χ0n) is 16.4. The first-order valence-electron chi connectivity index (χ1n) is 9.91. The third-order valence-corrected chi connectivity index (χ3v) is 5.42. The number of rotatable bonds is 5. The number of hydrogen-bond acceptors (Lipinski definition) is 2. The summed E-state index contributed by atoms with van der Waals surface area (Å²) < 4.78 is 0. The van der Waals surface area contributed by atoms with Crippen LogP contribution in [-0.4, -0.2) is 5.78 Å². The average Bonchev–Trinajstić information content (AvgIpc) is 2.74. The highest BCUT2D eigenvalue weighted by molar-refractivity contribution is 5.95. The zero-order chi connectivity index (χ0) is 19.5. The normalized spacial score (nSPS) is 15.7. The average molecular weight is 367 g/mol. The molecule has 3 aromatic rings. The van der Waals surface area contributed by atoms with Gasteiger partial charge in [0.15, 0.2) is 0 Å². The quantitative estimate of drug-likeness (QED) is 0.518. The van der Waals surface area contributed by atoms with Crippen molar-refractivity contribution in [1.29, 1.82) is 0 Å². The monoisotopic (exact) mass is 367 g/mol. The van der Waals surface area contributed by atoms with Gasteiger partial charge in [-0.05, 0) is 41.8 Å². The van der Waals surface area contributed by atoms with Gasteiger partial charge in [0.05, 0.1) is 6.04 Å². The van der Waals surface area contributed by atoms with Crippen LogP contribution in [0.3, 0.4) is 0 Å². The number of fused-ring (bicyclic) bond motifs is 1. The molecule has 0 aliphatic carbocycles. The molecule has 1 atom stereocenters. The van der Waals surface area contributed by atoms with Gasteiger partial charge >= 0.3 is 0 Å². The second kappa shape index (κ2) is 7.85. The molecule has 140 valence electrons. The van der Waals surface area contributed by atoms with Crippen molar-refractivity contribution in [3.8, 4) is 0 Å². The number of carbonyl (C=O) groups is 1. The second-order valence-corrected chi connectivity index (χ2v) is 7.34. The SMILES string of the molecule is CCC(=O)CC1c2ccccc2C=C(c2ccccc2)N1c1ccc(C)cc1. The topological polar surface area (TPSA) is 20.3 Å². The Balaban J connectivity index is 1.92. The van der Waals surface area contributed by atoms with Crippen LogP contribution >= 0.6 is 0 Å². The predicted molar refractivity (Wildman–Crippen MR) is 117 cm³/mol. The Labute approximate surface area is 167 Å². The molecule has 0 radical (unpaired) electrons. The molecule has 3 aromatic carbocycles. The van der Waals surface area contributed by atoms with Gasteiger partial charge in [0.25, 0.3) is 0 Å². The molecule has 28 heavy (non-hydrogen) atoms. The molecule has 0 bridgehead atoms. The Morgan fingerprint density at radius 3 is 2.29 bits per heavy atom. The summed E-state index contributed by atoms with van der Waals surface area (Å²) >= 11 is 0. The summed E-state index contributed by atoms with van der Waals surface area (Å²) in [5, 5.41) is 0. The van der Waals surface area contributed by atoms with E-state index in [1.807, 2.05) is 13.0 Å². The highest BCUT2D eigenvalue weighted by Gasteiger charge is 2.31. The lowest BCUT2D eigenvalue weighted by Gasteiger charge is -2.39. The van der Waals surface area contributed by atoms with E-state index in [0.29, 0.717) is 12.8 Å². The summed E-state index contributed by atoms with van der Waals surface area (Å²) in [7, 11) is 0. The van der Waals surface area contributed by atoms with Crippen LogP contribution in [0.2, 0.25) is 0 Å². The van der Waals surface area contributed by atoms with Crippen LogP contribution in [0.25, 0.3) is 11.8 Å². The number of aryl methyl sites for hydroxylation is 1. The first-order valence-corrected chi connectivity index (χ1v) is 9.91. The van der Waals surface area contributed by atoms with Crippen LogP contribution in [0.1, 0.15) is 48.1 Å². The Kier molecular flexibility index (Phi) is 5.12. The van der Waals surface area contributed by atoms with Crippen LogP contribution in [0.15, 0.2) is 78.9 Å². The minimum absolute atomic E-state index is 0.00781. The molecule has 2 nitrogen and oxygen atoms in total. The van der Waals surface area contributed by atoms with E-state index in [4.69, 9.17) is 0 Å². The third kappa shape index (κ3) is 3.50. The van der Waals surface area contributed by atoms with E-state index in [-0.39, 0.29) is 11.8 Å². The molecule has 1 aliphatic heterocycles. The Hall–Kier alpha value is -3.13. The lowest BCUT2D eigenvalue weighted by Crippen LogP contribution is -2.32. The van der Waals surface area contributed by atoms with Gasteiger partial charge in [-0.2, -0.15) is 0 Å². The third-order valence-electron chi connectivity index (χ3n) is 5.42. The van der Waals surface area contributed by atoms with Gasteiger partial charge in [0.2, 0.25) is 0 Å². The van der Waals surface area contributed by atoms with Crippen molar-refractivity contribution in [2.24, 2.45) is 0 Å². The molecule has 0 spiro atoms. The molecule has 0 N–H and O–H groups in total. The number of benzene rings is 3. The Morgan fingerprint density at radius 1 is 0.893 bits per heavy atom. The van der Waals surface area contributed by atoms with Crippen molar-refractivity contribution >= 4 is 23.2 Å². The van der Waals surface area contributed by atoms with Crippen molar-refractivity contribution in [3.05, 3.63) is 101 Å². The minimum Gasteiger partial charge on any atom is -0.333 e. The fourth-order valence-corrected chi connectivity index (χ4v) is 3.89. The number of hydrogen-bond donors (Lipinski definition) is 0. The first kappa shape index (κ1) is 18.2. The Bertz CT molecular complexity index is 1000. The van der Waals surface area contributed by atoms with Gasteiger partial charge in [-0.15, -0.1) is 0 Å². The van der Waals surface area contributed by atoms with Gasteiger partial charge < -0.3 is 4.90 Å². The van der Waals surface area contributed by atoms with Gasteiger partial charge in [0.1, 0.15) is 5.78 Å². The maximum Gasteiger partial charge on any atom is 0.135 e. The molecule has 4 rings (SSSR count). The van der Waals surface area contributed by atoms with Crippen molar-refractivity contribution in [1.82, 2.24) is 0 Å². The largest absolute Gasteiger partial charge is 0.333 e. The summed E-state index contributed by atoms with van der Waals surface area (Å²) in [5.41, 5.74) is 7.04. The minimum atomic E-state index is -0.00781. The fourth-order valence-electron chi connectivity index (χ4n) is 3.89. The molecule has 1 unspecified atom stereocenters. The maximum absolute atomic E-state index is 12.5. The number of Topliss-reactive ketones (excluding diaryl/α,β-unsaturated/α-hetero) is 1. The summed E-state index contributed by atoms with van der Waals surface area (Å²) in [6.07, 6.45) is 3.31. The summed E-state index contributed by atoms with van der Waals surface area (Å²) in [6.45, 7) is 4.04. The highest BCUT2D eigenvalue weighted by atomic mass is 16.1. The van der Waals surface area contributed by atoms with Crippen LogP contribution < -0.4 is 4.90 Å². The second-order valence-electron chi connectivity index (χ2n) is 7.34. The van der Waals surface area contributed by atoms with Crippen molar-refractivity contribution in [3.63, 3.8) is 0 Å². The van der Waals surface area contributed by atoms with Gasteiger partial charge in [-0.25, -0.2) is 0 Å². The number of carbonyl (C=O) groups excluding carboxylic acids is 1. The molecular weight excluding hydrogens is 342 g/mol. The van der Waals surface area contributed by atoms with Crippen LogP contribution in [-0.2, 0) is 4.79 Å². The van der Waals surface area contributed by atoms with E-state index in [9.17, 15) is 4.79 Å². The predicted octanol–water partition coefficient (Wildman–Crippen LogP) is 6.42. The molecule has 0 aromatic heterocycles. The summed E-state index contributed by atoms with van der Waals surface area (Å²) in [5.74, 6) is 0.284. The van der Waals surface area contributed by atoms with Crippen molar-refractivity contribution < 1.29 is 4.79 Å². The van der Waals surface area contributed by atoms with Gasteiger partial charge in [-0.1, -0.05) is 79.2 Å². The number of anilines is 1. The van der Waals surface area contributed by atoms with Gasteiger partial charge in [0, 0.05) is 24.2 Å².